The van der Waals surface area contributed by atoms with Gasteiger partial charge in [-0.05, 0) is 46.4 Å². The van der Waals surface area contributed by atoms with Gasteiger partial charge in [0, 0.05) is 37.6 Å². The van der Waals surface area contributed by atoms with E-state index in [1.807, 2.05) is 48.5 Å². The molecule has 244 valence electrons. The number of alkyl halides is 1. The number of likely N-dealkylation sites (N-methyl/N-ethyl adjacent to an activating group) is 1. The summed E-state index contributed by atoms with van der Waals surface area (Å²) in [5, 5.41) is 15.0. The molecule has 0 heterocycles. The number of hydrogen-bond donors (Lipinski definition) is 3. The highest BCUT2D eigenvalue weighted by atomic mass is 35.5. The minimum absolute atomic E-state index is 0.00199. The fourth-order valence-corrected chi connectivity index (χ4v) is 5.77. The minimum Gasteiger partial charge on any atom is -0.481 e. The standard InChI is InChI=1S/C34H37ClFN3O7/c1-39(23(18-31(40)41)17-21-11-13-22(35)14-12-21)33(43)30(20-45-2)37-32(42)29(15-16-36)38-34(44)46-19-28-26-9-5-3-7-24(26)25-8-4-6-10-27(25)28/h3-14,23,28-30H,15-20H2,1-2H3,(H,37,42)(H,38,44)(H,40,41)/t23-,29-,30-/m0/s1. The maximum atomic E-state index is 13.5. The van der Waals surface area contributed by atoms with Crippen molar-refractivity contribution in [2.45, 2.75) is 43.3 Å². The summed E-state index contributed by atoms with van der Waals surface area (Å²) in [4.78, 5) is 52.5. The van der Waals surface area contributed by atoms with Crippen LogP contribution in [0.4, 0.5) is 9.18 Å². The molecule has 3 atom stereocenters. The van der Waals surface area contributed by atoms with E-state index in [0.717, 1.165) is 27.8 Å². The van der Waals surface area contributed by atoms with Gasteiger partial charge >= 0.3 is 12.1 Å². The topological polar surface area (TPSA) is 134 Å². The highest BCUT2D eigenvalue weighted by Gasteiger charge is 2.33. The lowest BCUT2D eigenvalue weighted by atomic mass is 9.98. The summed E-state index contributed by atoms with van der Waals surface area (Å²) in [6, 6.07) is 19.1. The monoisotopic (exact) mass is 653 g/mol. The molecule has 0 radical (unpaired) electrons. The van der Waals surface area contributed by atoms with Crippen LogP contribution in [0.15, 0.2) is 72.8 Å². The number of amides is 3. The van der Waals surface area contributed by atoms with Crippen LogP contribution in [0.3, 0.4) is 0 Å². The van der Waals surface area contributed by atoms with E-state index < -0.39 is 48.7 Å². The highest BCUT2D eigenvalue weighted by Crippen LogP contribution is 2.44. The molecular formula is C34H37ClFN3O7. The van der Waals surface area contributed by atoms with Crippen molar-refractivity contribution in [3.63, 3.8) is 0 Å². The van der Waals surface area contributed by atoms with Crippen molar-refractivity contribution in [2.75, 3.05) is 34.0 Å². The van der Waals surface area contributed by atoms with Gasteiger partial charge in [-0.1, -0.05) is 72.3 Å². The molecule has 1 aliphatic rings. The van der Waals surface area contributed by atoms with E-state index in [0.29, 0.717) is 5.02 Å². The fourth-order valence-electron chi connectivity index (χ4n) is 5.64. The zero-order chi connectivity index (χ0) is 33.2. The van der Waals surface area contributed by atoms with Crippen molar-refractivity contribution in [3.05, 3.63) is 94.5 Å². The Kier molecular flexibility index (Phi) is 12.1. The first kappa shape index (κ1) is 34.4. The summed E-state index contributed by atoms with van der Waals surface area (Å²) >= 11 is 5.96. The molecule has 3 aromatic carbocycles. The lowest BCUT2D eigenvalue weighted by molar-refractivity contribution is -0.143. The van der Waals surface area contributed by atoms with Crippen LogP contribution in [0.25, 0.3) is 11.1 Å². The molecule has 0 saturated heterocycles. The average Bonchev–Trinajstić information content (AvgIpc) is 3.36. The molecule has 12 heteroatoms. The van der Waals surface area contributed by atoms with Gasteiger partial charge in [-0.25, -0.2) is 4.79 Å². The molecule has 3 N–H and O–H groups in total. The number of carbonyl (C=O) groups excluding carboxylic acids is 3. The number of fused-ring (bicyclic) bond motifs is 3. The Morgan fingerprint density at radius 2 is 1.54 bits per heavy atom. The number of carbonyl (C=O) groups is 4. The van der Waals surface area contributed by atoms with Crippen LogP contribution in [0.1, 0.15) is 35.4 Å². The molecule has 3 aromatic rings. The maximum Gasteiger partial charge on any atom is 0.407 e. The van der Waals surface area contributed by atoms with Crippen molar-refractivity contribution in [2.24, 2.45) is 0 Å². The first-order valence-electron chi connectivity index (χ1n) is 14.8. The predicted octanol–water partition coefficient (Wildman–Crippen LogP) is 4.58. The van der Waals surface area contributed by atoms with Gasteiger partial charge in [0.2, 0.25) is 11.8 Å². The number of hydrogen-bond acceptors (Lipinski definition) is 6. The summed E-state index contributed by atoms with van der Waals surface area (Å²) in [6.07, 6.45) is -1.41. The summed E-state index contributed by atoms with van der Waals surface area (Å²) in [5.74, 6) is -2.75. The third-order valence-electron chi connectivity index (χ3n) is 7.99. The van der Waals surface area contributed by atoms with Crippen LogP contribution < -0.4 is 10.6 Å². The first-order valence-corrected chi connectivity index (χ1v) is 15.2. The molecule has 10 nitrogen and oxygen atoms in total. The molecule has 0 aromatic heterocycles. The second-order valence-electron chi connectivity index (χ2n) is 11.0. The van der Waals surface area contributed by atoms with E-state index in [9.17, 15) is 28.7 Å². The van der Waals surface area contributed by atoms with Gasteiger partial charge in [0.15, 0.2) is 0 Å². The molecule has 0 bridgehead atoms. The van der Waals surface area contributed by atoms with Crippen LogP contribution in [-0.4, -0.2) is 86.1 Å². The zero-order valence-electron chi connectivity index (χ0n) is 25.6. The largest absolute Gasteiger partial charge is 0.481 e. The minimum atomic E-state index is -1.35. The number of rotatable bonds is 15. The van der Waals surface area contributed by atoms with Crippen molar-refractivity contribution >= 4 is 35.5 Å². The van der Waals surface area contributed by atoms with Crippen LogP contribution in [-0.2, 0) is 30.3 Å². The van der Waals surface area contributed by atoms with Crippen LogP contribution in [0.5, 0.6) is 0 Å². The number of aliphatic carboxylic acids is 1. The lowest BCUT2D eigenvalue weighted by Gasteiger charge is -2.31. The fraction of sp³-hybridized carbons (Fsp3) is 0.353. The summed E-state index contributed by atoms with van der Waals surface area (Å²) in [6.45, 7) is -1.17. The van der Waals surface area contributed by atoms with Gasteiger partial charge in [-0.2, -0.15) is 0 Å². The van der Waals surface area contributed by atoms with Crippen molar-refractivity contribution in [3.8, 4) is 11.1 Å². The molecule has 0 spiro atoms. The lowest BCUT2D eigenvalue weighted by Crippen LogP contribution is -2.57. The molecule has 1 aliphatic carbocycles. The van der Waals surface area contributed by atoms with Gasteiger partial charge in [-0.3, -0.25) is 18.8 Å². The normalized spacial score (nSPS) is 13.9. The Morgan fingerprint density at radius 1 is 0.935 bits per heavy atom. The number of carboxylic acid groups (broad SMARTS) is 1. The molecule has 4 rings (SSSR count). The van der Waals surface area contributed by atoms with E-state index in [-0.39, 0.29) is 38.4 Å². The Morgan fingerprint density at radius 3 is 2.11 bits per heavy atom. The Labute approximate surface area is 271 Å². The van der Waals surface area contributed by atoms with E-state index in [1.165, 1.54) is 19.1 Å². The number of benzene rings is 3. The summed E-state index contributed by atoms with van der Waals surface area (Å²) < 4.78 is 24.2. The maximum absolute atomic E-state index is 13.5. The SMILES string of the molecule is COC[C@H](NC(=O)[C@H](CCF)NC(=O)OCC1c2ccccc2-c2ccccc21)C(=O)N(C)[C@H](CC(=O)O)Cc1ccc(Cl)cc1. The number of carboxylic acids is 1. The summed E-state index contributed by atoms with van der Waals surface area (Å²) in [5.41, 5.74) is 4.89. The number of halogens is 2. The molecule has 0 aliphatic heterocycles. The molecular weight excluding hydrogens is 617 g/mol. The van der Waals surface area contributed by atoms with E-state index in [2.05, 4.69) is 10.6 Å². The smallest absolute Gasteiger partial charge is 0.407 e. The Balaban J connectivity index is 1.40. The average molecular weight is 654 g/mol. The third-order valence-corrected chi connectivity index (χ3v) is 8.24. The predicted molar refractivity (Wildman–Crippen MR) is 170 cm³/mol. The van der Waals surface area contributed by atoms with E-state index in [1.54, 1.807) is 24.3 Å². The van der Waals surface area contributed by atoms with Crippen molar-refractivity contribution in [1.82, 2.24) is 15.5 Å². The van der Waals surface area contributed by atoms with Crippen molar-refractivity contribution in [1.29, 1.82) is 0 Å². The molecule has 0 unspecified atom stereocenters. The number of nitrogens with zero attached hydrogens (tertiary/aromatic N) is 1. The van der Waals surface area contributed by atoms with Gasteiger partial charge in [0.05, 0.1) is 19.7 Å². The van der Waals surface area contributed by atoms with Gasteiger partial charge in [-0.15, -0.1) is 0 Å². The zero-order valence-corrected chi connectivity index (χ0v) is 26.3. The second kappa shape index (κ2) is 16.2. The first-order chi connectivity index (χ1) is 22.1. The highest BCUT2D eigenvalue weighted by molar-refractivity contribution is 6.30. The van der Waals surface area contributed by atoms with E-state index in [4.69, 9.17) is 21.1 Å². The number of ether oxygens (including phenoxy) is 2. The van der Waals surface area contributed by atoms with Crippen molar-refractivity contribution < 1.29 is 38.1 Å². The van der Waals surface area contributed by atoms with Crippen LogP contribution in [0.2, 0.25) is 5.02 Å². The molecule has 3 amide bonds. The molecule has 0 saturated carbocycles. The third kappa shape index (κ3) is 8.61. The number of alkyl carbamates (subject to hydrolysis) is 1. The Bertz CT molecular complexity index is 1490. The molecule has 0 fully saturated rings. The second-order valence-corrected chi connectivity index (χ2v) is 11.5. The van der Waals surface area contributed by atoms with Gasteiger partial charge in [0.1, 0.15) is 18.7 Å². The van der Waals surface area contributed by atoms with Crippen LogP contribution in [0, 0.1) is 0 Å². The van der Waals surface area contributed by atoms with Crippen LogP contribution >= 0.6 is 11.6 Å². The summed E-state index contributed by atoms with van der Waals surface area (Å²) in [7, 11) is 2.78. The number of methoxy groups -OCH3 is 1. The number of nitrogens with one attached hydrogen (secondary N) is 2. The van der Waals surface area contributed by atoms with E-state index >= 15 is 0 Å². The van der Waals surface area contributed by atoms with Gasteiger partial charge < -0.3 is 30.1 Å². The van der Waals surface area contributed by atoms with Gasteiger partial charge in [0.25, 0.3) is 0 Å². The Hall–Kier alpha value is -4.48. The quantitative estimate of drug-likeness (QED) is 0.219. The molecule has 46 heavy (non-hydrogen) atoms.